The minimum absolute atomic E-state index is 0.0654. The molecule has 8 nitrogen and oxygen atoms in total. The predicted octanol–water partition coefficient (Wildman–Crippen LogP) is 2.20. The van der Waals surface area contributed by atoms with Gasteiger partial charge in [-0.15, -0.1) is 5.10 Å². The Morgan fingerprint density at radius 3 is 2.72 bits per heavy atom. The standard InChI is InChI=1S/C19H23N5O3S2/c1-4-29(26,27)10-9-20-17(25)16-8-6-5-7-15(16)12-28-19-22-18-21-13(2)11-14(3)24(18)23-19/h5-8,11H,4,9-10,12H2,1-3H3,(H,20,25). The maximum absolute atomic E-state index is 12.5. The summed E-state index contributed by atoms with van der Waals surface area (Å²) < 4.78 is 24.9. The fourth-order valence-electron chi connectivity index (χ4n) is 2.78. The van der Waals surface area contributed by atoms with Crippen molar-refractivity contribution in [1.29, 1.82) is 0 Å². The SMILES string of the molecule is CCS(=O)(=O)CCNC(=O)c1ccccc1CSc1nc2nc(C)cc(C)n2n1. The van der Waals surface area contributed by atoms with E-state index in [1.54, 1.807) is 23.6 Å². The Hall–Kier alpha value is -2.46. The van der Waals surface area contributed by atoms with Crippen LogP contribution >= 0.6 is 11.8 Å². The van der Waals surface area contributed by atoms with E-state index < -0.39 is 9.84 Å². The predicted molar refractivity (Wildman–Crippen MR) is 113 cm³/mol. The molecule has 0 atom stereocenters. The first-order valence-electron chi connectivity index (χ1n) is 9.19. The third-order valence-electron chi connectivity index (χ3n) is 4.36. The summed E-state index contributed by atoms with van der Waals surface area (Å²) in [5.41, 5.74) is 3.18. The van der Waals surface area contributed by atoms with Crippen LogP contribution < -0.4 is 5.32 Å². The molecule has 0 unspecified atom stereocenters. The number of carbonyl (C=O) groups excluding carboxylic acids is 1. The number of hydrogen-bond acceptors (Lipinski definition) is 7. The topological polar surface area (TPSA) is 106 Å². The van der Waals surface area contributed by atoms with Crippen LogP contribution in [0.3, 0.4) is 0 Å². The average molecular weight is 434 g/mol. The van der Waals surface area contributed by atoms with Crippen LogP contribution in [-0.4, -0.2) is 52.0 Å². The molecule has 0 spiro atoms. The van der Waals surface area contributed by atoms with Crippen LogP contribution in [0.25, 0.3) is 5.78 Å². The Labute approximate surface area is 174 Å². The highest BCUT2D eigenvalue weighted by Crippen LogP contribution is 2.22. The number of nitrogens with one attached hydrogen (secondary N) is 1. The summed E-state index contributed by atoms with van der Waals surface area (Å²) in [6.45, 7) is 5.54. The van der Waals surface area contributed by atoms with Gasteiger partial charge in [0.15, 0.2) is 9.84 Å². The molecule has 2 heterocycles. The summed E-state index contributed by atoms with van der Waals surface area (Å²) in [4.78, 5) is 21.3. The molecule has 3 rings (SSSR count). The normalized spacial score (nSPS) is 11.7. The molecule has 1 N–H and O–H groups in total. The van der Waals surface area contributed by atoms with Gasteiger partial charge in [-0.1, -0.05) is 36.9 Å². The lowest BCUT2D eigenvalue weighted by Crippen LogP contribution is -2.30. The molecule has 1 amide bonds. The van der Waals surface area contributed by atoms with Crippen molar-refractivity contribution >= 4 is 33.3 Å². The zero-order chi connectivity index (χ0) is 21.0. The van der Waals surface area contributed by atoms with Crippen LogP contribution in [0.1, 0.15) is 34.2 Å². The van der Waals surface area contributed by atoms with E-state index in [1.165, 1.54) is 11.8 Å². The molecule has 3 aromatic rings. The smallest absolute Gasteiger partial charge is 0.253 e. The van der Waals surface area contributed by atoms with Crippen molar-refractivity contribution < 1.29 is 13.2 Å². The molecular formula is C19H23N5O3S2. The summed E-state index contributed by atoms with van der Waals surface area (Å²) >= 11 is 1.42. The lowest BCUT2D eigenvalue weighted by molar-refractivity contribution is 0.0955. The minimum atomic E-state index is -3.12. The Morgan fingerprint density at radius 1 is 1.21 bits per heavy atom. The third-order valence-corrected chi connectivity index (χ3v) is 6.95. The van der Waals surface area contributed by atoms with Crippen LogP contribution in [0.4, 0.5) is 0 Å². The van der Waals surface area contributed by atoms with Gasteiger partial charge < -0.3 is 5.32 Å². The van der Waals surface area contributed by atoms with Crippen molar-refractivity contribution in [1.82, 2.24) is 24.9 Å². The van der Waals surface area contributed by atoms with Gasteiger partial charge >= 0.3 is 0 Å². The Kier molecular flexibility index (Phi) is 6.53. The van der Waals surface area contributed by atoms with Crippen LogP contribution in [0.15, 0.2) is 35.5 Å². The van der Waals surface area contributed by atoms with Gasteiger partial charge in [0.25, 0.3) is 11.7 Å². The van der Waals surface area contributed by atoms with Gasteiger partial charge in [0.05, 0.1) is 5.75 Å². The lowest BCUT2D eigenvalue weighted by Gasteiger charge is -2.09. The molecule has 2 aromatic heterocycles. The number of rotatable bonds is 8. The number of aromatic nitrogens is 4. The third kappa shape index (κ3) is 5.33. The van der Waals surface area contributed by atoms with Gasteiger partial charge in [0.1, 0.15) is 0 Å². The largest absolute Gasteiger partial charge is 0.351 e. The van der Waals surface area contributed by atoms with Crippen LogP contribution in [-0.2, 0) is 15.6 Å². The number of thioether (sulfide) groups is 1. The molecule has 0 aliphatic carbocycles. The van der Waals surface area contributed by atoms with E-state index in [9.17, 15) is 13.2 Å². The second-order valence-electron chi connectivity index (χ2n) is 6.58. The summed E-state index contributed by atoms with van der Waals surface area (Å²) in [6.07, 6.45) is 0. The summed E-state index contributed by atoms with van der Waals surface area (Å²) in [5.74, 6) is 0.766. The Bertz CT molecular complexity index is 1140. The van der Waals surface area contributed by atoms with Gasteiger partial charge in [-0.05, 0) is 31.5 Å². The molecule has 0 fully saturated rings. The second kappa shape index (κ2) is 8.91. The van der Waals surface area contributed by atoms with E-state index in [1.807, 2.05) is 32.0 Å². The first-order chi connectivity index (χ1) is 13.8. The average Bonchev–Trinajstić information content (AvgIpc) is 3.09. The van der Waals surface area contributed by atoms with Crippen LogP contribution in [0.5, 0.6) is 0 Å². The second-order valence-corrected chi connectivity index (χ2v) is 10.00. The quantitative estimate of drug-likeness (QED) is 0.543. The first-order valence-corrected chi connectivity index (χ1v) is 12.0. The molecule has 0 aliphatic rings. The molecule has 1 aromatic carbocycles. The van der Waals surface area contributed by atoms with Gasteiger partial charge in [-0.25, -0.2) is 17.9 Å². The molecule has 154 valence electrons. The Balaban J connectivity index is 1.69. The van der Waals surface area contributed by atoms with Gasteiger partial charge in [-0.3, -0.25) is 4.79 Å². The summed E-state index contributed by atoms with van der Waals surface area (Å²) in [6, 6.07) is 9.18. The molecule has 0 bridgehead atoms. The number of benzene rings is 1. The molecule has 29 heavy (non-hydrogen) atoms. The molecule has 10 heteroatoms. The minimum Gasteiger partial charge on any atom is -0.351 e. The molecular weight excluding hydrogens is 410 g/mol. The van der Waals surface area contributed by atoms with E-state index in [-0.39, 0.29) is 24.0 Å². The fourth-order valence-corrected chi connectivity index (χ4v) is 4.30. The first kappa shape index (κ1) is 21.3. The van der Waals surface area contributed by atoms with Crippen molar-refractivity contribution in [2.24, 2.45) is 0 Å². The summed E-state index contributed by atoms with van der Waals surface area (Å²) in [7, 11) is -3.12. The van der Waals surface area contributed by atoms with Gasteiger partial charge in [0.2, 0.25) is 5.16 Å². The highest BCUT2D eigenvalue weighted by molar-refractivity contribution is 7.98. The van der Waals surface area contributed by atoms with Gasteiger partial charge in [-0.2, -0.15) is 4.98 Å². The monoisotopic (exact) mass is 433 g/mol. The molecule has 0 saturated heterocycles. The fraction of sp³-hybridized carbons (Fsp3) is 0.368. The van der Waals surface area contributed by atoms with Crippen molar-refractivity contribution in [3.05, 3.63) is 52.8 Å². The number of hydrogen-bond donors (Lipinski definition) is 1. The zero-order valence-electron chi connectivity index (χ0n) is 16.5. The van der Waals surface area contributed by atoms with Crippen LogP contribution in [0, 0.1) is 13.8 Å². The van der Waals surface area contributed by atoms with E-state index in [2.05, 4.69) is 20.4 Å². The molecule has 0 aliphatic heterocycles. The van der Waals surface area contributed by atoms with Gasteiger partial charge in [0, 0.05) is 35.0 Å². The maximum Gasteiger partial charge on any atom is 0.253 e. The van der Waals surface area contributed by atoms with Crippen molar-refractivity contribution in [3.63, 3.8) is 0 Å². The van der Waals surface area contributed by atoms with E-state index in [4.69, 9.17) is 0 Å². The molecule has 0 radical (unpaired) electrons. The highest BCUT2D eigenvalue weighted by Gasteiger charge is 2.14. The van der Waals surface area contributed by atoms with E-state index in [0.29, 0.717) is 22.3 Å². The van der Waals surface area contributed by atoms with Crippen molar-refractivity contribution in [3.8, 4) is 0 Å². The number of amides is 1. The highest BCUT2D eigenvalue weighted by atomic mass is 32.2. The van der Waals surface area contributed by atoms with E-state index in [0.717, 1.165) is 17.0 Å². The van der Waals surface area contributed by atoms with E-state index >= 15 is 0 Å². The Morgan fingerprint density at radius 2 is 1.97 bits per heavy atom. The maximum atomic E-state index is 12.5. The molecule has 0 saturated carbocycles. The van der Waals surface area contributed by atoms with Crippen molar-refractivity contribution in [2.45, 2.75) is 31.7 Å². The number of aryl methyl sites for hydroxylation is 2. The van der Waals surface area contributed by atoms with Crippen molar-refractivity contribution in [2.75, 3.05) is 18.1 Å². The summed E-state index contributed by atoms with van der Waals surface area (Å²) in [5, 5.41) is 7.74. The number of sulfone groups is 1. The van der Waals surface area contributed by atoms with Crippen LogP contribution in [0.2, 0.25) is 0 Å². The number of carbonyl (C=O) groups is 1. The lowest BCUT2D eigenvalue weighted by atomic mass is 10.1. The number of nitrogens with zero attached hydrogens (tertiary/aromatic N) is 4. The zero-order valence-corrected chi connectivity index (χ0v) is 18.2. The number of fused-ring (bicyclic) bond motifs is 1.